The summed E-state index contributed by atoms with van der Waals surface area (Å²) in [5.74, 6) is 0.474. The third kappa shape index (κ3) is 8.29. The topological polar surface area (TPSA) is 145 Å². The number of aryl methyl sites for hydroxylation is 1. The molecule has 45 heavy (non-hydrogen) atoms. The van der Waals surface area contributed by atoms with E-state index >= 15 is 0 Å². The highest BCUT2D eigenvalue weighted by atomic mass is 32.1. The second-order valence-electron chi connectivity index (χ2n) is 12.7. The molecule has 2 saturated heterocycles. The summed E-state index contributed by atoms with van der Waals surface area (Å²) in [5, 5.41) is 28.0. The first-order valence-corrected chi connectivity index (χ1v) is 17.0. The minimum absolute atomic E-state index is 0.0966. The molecule has 12 heteroatoms. The third-order valence-electron chi connectivity index (χ3n) is 8.91. The fourth-order valence-electron chi connectivity index (χ4n) is 6.31. The molecule has 4 heterocycles. The minimum Gasteiger partial charge on any atom is -0.391 e. The van der Waals surface area contributed by atoms with E-state index in [0.717, 1.165) is 47.9 Å². The van der Waals surface area contributed by atoms with Crippen LogP contribution in [0.1, 0.15) is 69.0 Å². The summed E-state index contributed by atoms with van der Waals surface area (Å²) in [4.78, 5) is 34.4. The van der Waals surface area contributed by atoms with Gasteiger partial charge in [-0.25, -0.2) is 4.98 Å². The van der Waals surface area contributed by atoms with Crippen LogP contribution in [0.5, 0.6) is 0 Å². The van der Waals surface area contributed by atoms with Crippen LogP contribution >= 0.6 is 11.3 Å². The number of rotatable bonds is 13. The van der Waals surface area contributed by atoms with E-state index in [-0.39, 0.29) is 36.7 Å². The molecule has 2 amide bonds. The Hall–Kier alpha value is -3.32. The first-order valence-electron chi connectivity index (χ1n) is 16.1. The van der Waals surface area contributed by atoms with E-state index in [9.17, 15) is 14.7 Å². The Balaban J connectivity index is 1.17. The van der Waals surface area contributed by atoms with Crippen molar-refractivity contribution >= 4 is 29.0 Å². The number of thiazole rings is 1. The van der Waals surface area contributed by atoms with Gasteiger partial charge in [0, 0.05) is 32.1 Å². The lowest BCUT2D eigenvalue weighted by Crippen LogP contribution is -2.48. The predicted molar refractivity (Wildman–Crippen MR) is 176 cm³/mol. The lowest BCUT2D eigenvalue weighted by atomic mass is 9.91. The maximum Gasteiger partial charge on any atom is 0.243 e. The van der Waals surface area contributed by atoms with Gasteiger partial charge < -0.3 is 35.8 Å². The number of hydrogen-bond donors (Lipinski definition) is 5. The average Bonchev–Trinajstić information content (AvgIpc) is 3.77. The zero-order valence-electron chi connectivity index (χ0n) is 26.7. The van der Waals surface area contributed by atoms with Gasteiger partial charge in [-0.05, 0) is 69.3 Å². The van der Waals surface area contributed by atoms with Gasteiger partial charge in [0.2, 0.25) is 11.8 Å². The lowest BCUT2D eigenvalue weighted by molar-refractivity contribution is -0.141. The van der Waals surface area contributed by atoms with E-state index in [1.54, 1.807) is 17.4 Å². The van der Waals surface area contributed by atoms with Crippen LogP contribution in [0.25, 0.3) is 10.4 Å². The van der Waals surface area contributed by atoms with Crippen LogP contribution < -0.4 is 21.3 Å². The second kappa shape index (κ2) is 15.3. The molecule has 0 spiro atoms. The number of benzene rings is 1. The highest BCUT2D eigenvalue weighted by Crippen LogP contribution is 2.33. The Kier molecular flexibility index (Phi) is 11.2. The van der Waals surface area contributed by atoms with Crippen LogP contribution in [0.3, 0.4) is 0 Å². The predicted octanol–water partition coefficient (Wildman–Crippen LogP) is 3.69. The Morgan fingerprint density at radius 2 is 1.91 bits per heavy atom. The van der Waals surface area contributed by atoms with Crippen molar-refractivity contribution in [3.63, 3.8) is 0 Å². The Morgan fingerprint density at radius 1 is 1.16 bits per heavy atom. The number of likely N-dealkylation sites (tertiary alicyclic amines) is 1. The highest BCUT2D eigenvalue weighted by Gasteiger charge is 2.43. The van der Waals surface area contributed by atoms with Crippen molar-refractivity contribution in [2.24, 2.45) is 11.8 Å². The molecule has 4 atom stereocenters. The van der Waals surface area contributed by atoms with Crippen molar-refractivity contribution < 1.29 is 19.2 Å². The van der Waals surface area contributed by atoms with Crippen LogP contribution in [0.2, 0.25) is 0 Å². The largest absolute Gasteiger partial charge is 0.391 e. The number of aliphatic hydroxyl groups is 1. The van der Waals surface area contributed by atoms with Crippen molar-refractivity contribution in [1.29, 1.82) is 0 Å². The molecule has 3 aromatic rings. The fourth-order valence-corrected chi connectivity index (χ4v) is 7.12. The number of aromatic nitrogens is 2. The number of β-amino-alcohol motifs (C(OH)–C–C–N with tert-alkyl or cyclic N) is 1. The van der Waals surface area contributed by atoms with E-state index in [0.29, 0.717) is 24.0 Å². The second-order valence-corrected chi connectivity index (χ2v) is 13.5. The van der Waals surface area contributed by atoms with Gasteiger partial charge in [-0.15, -0.1) is 11.3 Å². The molecular formula is C33H47N7O4S. The number of anilines is 1. The SMILES string of the molecule is Cc1ncsc1-c1ccc([C@H](C)NC(=O)[C@@H]2C[C@@H](O)CN2C(=O)[C@@H](c2cc(NCCNCC3CCNCC3)no2)C(C)C)cc1. The van der Waals surface area contributed by atoms with E-state index in [1.165, 1.54) is 17.7 Å². The van der Waals surface area contributed by atoms with Gasteiger partial charge in [-0.2, -0.15) is 0 Å². The number of nitrogens with one attached hydrogen (secondary N) is 4. The molecule has 0 aliphatic carbocycles. The molecule has 2 aliphatic rings. The molecule has 0 radical (unpaired) electrons. The number of amides is 2. The lowest BCUT2D eigenvalue weighted by Gasteiger charge is -2.29. The first-order chi connectivity index (χ1) is 21.7. The number of aliphatic hydroxyl groups excluding tert-OH is 1. The van der Waals surface area contributed by atoms with Gasteiger partial charge in [-0.1, -0.05) is 43.3 Å². The summed E-state index contributed by atoms with van der Waals surface area (Å²) in [6, 6.07) is 8.79. The molecule has 0 bridgehead atoms. The molecule has 2 aromatic heterocycles. The van der Waals surface area contributed by atoms with Gasteiger partial charge in [0.15, 0.2) is 11.6 Å². The number of hydrogen-bond acceptors (Lipinski definition) is 10. The van der Waals surface area contributed by atoms with Crippen LogP contribution in [0.15, 0.2) is 40.4 Å². The van der Waals surface area contributed by atoms with Crippen molar-refractivity contribution in [3.8, 4) is 10.4 Å². The van der Waals surface area contributed by atoms with Crippen LogP contribution in [0.4, 0.5) is 5.82 Å². The quantitative estimate of drug-likeness (QED) is 0.177. The summed E-state index contributed by atoms with van der Waals surface area (Å²) in [6.07, 6.45) is 1.82. The Labute approximate surface area is 269 Å². The Bertz CT molecular complexity index is 1400. The van der Waals surface area contributed by atoms with Crippen LogP contribution in [-0.2, 0) is 9.59 Å². The van der Waals surface area contributed by atoms with E-state index < -0.39 is 18.1 Å². The zero-order valence-corrected chi connectivity index (χ0v) is 27.5. The molecule has 1 aromatic carbocycles. The van der Waals surface area contributed by atoms with Crippen LogP contribution in [0, 0.1) is 18.8 Å². The standard InChI is InChI=1S/C33H47N7O4S/c1-20(2)30(28-16-29(39-44-28)36-14-13-35-17-23-9-11-34-12-10-23)33(43)40-18-26(41)15-27(40)32(42)38-21(3)24-5-7-25(8-6-24)31-22(4)37-19-45-31/h5-8,16,19-21,23,26-27,30,34-35,41H,9-15,17-18H2,1-4H3,(H,36,39)(H,38,42)/t21-,26+,27-,30+/m0/s1. The monoisotopic (exact) mass is 637 g/mol. The van der Waals surface area contributed by atoms with Crippen molar-refractivity contribution in [2.75, 3.05) is 44.6 Å². The molecule has 11 nitrogen and oxygen atoms in total. The highest BCUT2D eigenvalue weighted by molar-refractivity contribution is 7.13. The molecule has 5 N–H and O–H groups in total. The third-order valence-corrected chi connectivity index (χ3v) is 9.89. The van der Waals surface area contributed by atoms with Crippen molar-refractivity contribution in [3.05, 3.63) is 52.9 Å². The fraction of sp³-hybridized carbons (Fsp3) is 0.576. The normalized spacial score (nSPS) is 20.4. The van der Waals surface area contributed by atoms with E-state index in [4.69, 9.17) is 4.52 Å². The maximum absolute atomic E-state index is 13.9. The number of carbonyl (C=O) groups excluding carboxylic acids is 2. The molecule has 2 fully saturated rings. The van der Waals surface area contributed by atoms with Crippen molar-refractivity contribution in [2.45, 2.75) is 71.1 Å². The van der Waals surface area contributed by atoms with Gasteiger partial charge in [0.1, 0.15) is 12.0 Å². The van der Waals surface area contributed by atoms with E-state index in [2.05, 4.69) is 31.4 Å². The molecule has 244 valence electrons. The van der Waals surface area contributed by atoms with E-state index in [1.807, 2.05) is 57.5 Å². The van der Waals surface area contributed by atoms with Gasteiger partial charge in [0.25, 0.3) is 0 Å². The molecule has 2 aliphatic heterocycles. The molecular weight excluding hydrogens is 590 g/mol. The minimum atomic E-state index is -0.779. The number of piperidine rings is 1. The van der Waals surface area contributed by atoms with Crippen molar-refractivity contribution in [1.82, 2.24) is 31.0 Å². The van der Waals surface area contributed by atoms with Gasteiger partial charge >= 0.3 is 0 Å². The summed E-state index contributed by atoms with van der Waals surface area (Å²) in [5.41, 5.74) is 4.87. The Morgan fingerprint density at radius 3 is 2.60 bits per heavy atom. The number of nitrogens with zero attached hydrogens (tertiary/aromatic N) is 3. The summed E-state index contributed by atoms with van der Waals surface area (Å²) < 4.78 is 5.66. The van der Waals surface area contributed by atoms with Crippen LogP contribution in [-0.4, -0.2) is 83.4 Å². The summed E-state index contributed by atoms with van der Waals surface area (Å²) in [7, 11) is 0. The summed E-state index contributed by atoms with van der Waals surface area (Å²) >= 11 is 1.60. The number of carbonyl (C=O) groups is 2. The molecule has 5 rings (SSSR count). The molecule has 0 saturated carbocycles. The zero-order chi connectivity index (χ0) is 31.9. The first kappa shape index (κ1) is 33.1. The maximum atomic E-state index is 13.9. The average molecular weight is 638 g/mol. The summed E-state index contributed by atoms with van der Waals surface area (Å²) in [6.45, 7) is 12.6. The van der Waals surface area contributed by atoms with Gasteiger partial charge in [0.05, 0.1) is 28.2 Å². The molecule has 0 unspecified atom stereocenters. The van der Waals surface area contributed by atoms with Gasteiger partial charge in [-0.3, -0.25) is 9.59 Å². The smallest absolute Gasteiger partial charge is 0.243 e.